The van der Waals surface area contributed by atoms with Crippen molar-refractivity contribution < 1.29 is 13.2 Å². The van der Waals surface area contributed by atoms with Gasteiger partial charge in [-0.2, -0.15) is 13.2 Å². The van der Waals surface area contributed by atoms with Crippen molar-refractivity contribution in [3.05, 3.63) is 39.3 Å². The fourth-order valence-corrected chi connectivity index (χ4v) is 2.94. The molecular formula is C12H10ClF3N2S2. The van der Waals surface area contributed by atoms with Crippen molar-refractivity contribution >= 4 is 40.4 Å². The number of thioether (sulfide) groups is 1. The number of alkyl halides is 3. The summed E-state index contributed by atoms with van der Waals surface area (Å²) in [7, 11) is 0. The topological polar surface area (TPSA) is 24.9 Å². The SMILES string of the molecule is CSc1ccc(NCc2cnc(Cl)s2)c(C(F)(F)F)c1. The Morgan fingerprint density at radius 1 is 1.40 bits per heavy atom. The van der Waals surface area contributed by atoms with Crippen LogP contribution in [0.1, 0.15) is 10.4 Å². The summed E-state index contributed by atoms with van der Waals surface area (Å²) in [6.45, 7) is 0.256. The van der Waals surface area contributed by atoms with Gasteiger partial charge in [0.15, 0.2) is 4.47 Å². The Morgan fingerprint density at radius 3 is 2.70 bits per heavy atom. The Hall–Kier alpha value is -0.920. The number of benzene rings is 1. The zero-order chi connectivity index (χ0) is 14.8. The van der Waals surface area contributed by atoms with Crippen LogP contribution in [0.5, 0.6) is 0 Å². The summed E-state index contributed by atoms with van der Waals surface area (Å²) in [5, 5.41) is 2.78. The first kappa shape index (κ1) is 15.5. The van der Waals surface area contributed by atoms with Crippen molar-refractivity contribution in [1.82, 2.24) is 4.98 Å². The summed E-state index contributed by atoms with van der Waals surface area (Å²) < 4.78 is 39.4. The van der Waals surface area contributed by atoms with E-state index in [0.717, 1.165) is 10.9 Å². The first-order valence-corrected chi connectivity index (χ1v) is 7.91. The molecule has 0 radical (unpaired) electrons. The average Bonchev–Trinajstić information content (AvgIpc) is 2.81. The molecule has 0 bridgehead atoms. The Balaban J connectivity index is 2.22. The molecule has 0 spiro atoms. The minimum atomic E-state index is -4.39. The number of rotatable bonds is 4. The monoisotopic (exact) mass is 338 g/mol. The highest BCUT2D eigenvalue weighted by molar-refractivity contribution is 7.98. The second kappa shape index (κ2) is 6.24. The van der Waals surface area contributed by atoms with Crippen LogP contribution >= 0.6 is 34.7 Å². The number of thiazole rings is 1. The van der Waals surface area contributed by atoms with E-state index < -0.39 is 11.7 Å². The van der Waals surface area contributed by atoms with E-state index in [0.29, 0.717) is 9.36 Å². The summed E-state index contributed by atoms with van der Waals surface area (Å²) in [4.78, 5) is 5.19. The minimum Gasteiger partial charge on any atom is -0.380 e. The molecule has 0 aliphatic carbocycles. The van der Waals surface area contributed by atoms with E-state index >= 15 is 0 Å². The number of aromatic nitrogens is 1. The Kier molecular flexibility index (Phi) is 4.82. The molecule has 1 heterocycles. The van der Waals surface area contributed by atoms with E-state index in [2.05, 4.69) is 10.3 Å². The third-order valence-electron chi connectivity index (χ3n) is 2.51. The lowest BCUT2D eigenvalue weighted by Gasteiger charge is -2.15. The average molecular weight is 339 g/mol. The third kappa shape index (κ3) is 3.80. The normalized spacial score (nSPS) is 11.7. The van der Waals surface area contributed by atoms with Crippen LogP contribution in [0.15, 0.2) is 29.3 Å². The molecule has 20 heavy (non-hydrogen) atoms. The van der Waals surface area contributed by atoms with Crippen molar-refractivity contribution in [2.45, 2.75) is 17.6 Å². The molecule has 2 nitrogen and oxygen atoms in total. The maximum Gasteiger partial charge on any atom is 0.418 e. The lowest BCUT2D eigenvalue weighted by molar-refractivity contribution is -0.137. The second-order valence-corrected chi connectivity index (χ2v) is 6.42. The fourth-order valence-electron chi connectivity index (χ4n) is 1.59. The first-order valence-electron chi connectivity index (χ1n) is 5.49. The maximum atomic E-state index is 13.0. The van der Waals surface area contributed by atoms with Gasteiger partial charge in [-0.25, -0.2) is 4.98 Å². The molecule has 108 valence electrons. The number of nitrogens with zero attached hydrogens (tertiary/aromatic N) is 1. The molecule has 1 aromatic carbocycles. The van der Waals surface area contributed by atoms with Crippen LogP contribution in [-0.2, 0) is 12.7 Å². The molecule has 0 atom stereocenters. The van der Waals surface area contributed by atoms with Gasteiger partial charge in [-0.15, -0.1) is 23.1 Å². The van der Waals surface area contributed by atoms with E-state index in [1.54, 1.807) is 18.5 Å². The van der Waals surface area contributed by atoms with Gasteiger partial charge < -0.3 is 5.32 Å². The number of halogens is 4. The number of hydrogen-bond acceptors (Lipinski definition) is 4. The lowest BCUT2D eigenvalue weighted by Crippen LogP contribution is -2.10. The van der Waals surface area contributed by atoms with Crippen LogP contribution < -0.4 is 5.32 Å². The standard InChI is InChI=1S/C12H10ClF3N2S2/c1-19-7-2-3-10(9(4-7)12(14,15)16)17-5-8-6-18-11(13)20-8/h2-4,6,17H,5H2,1H3. The highest BCUT2D eigenvalue weighted by atomic mass is 35.5. The van der Waals surface area contributed by atoms with Crippen molar-refractivity contribution in [2.24, 2.45) is 0 Å². The molecule has 0 amide bonds. The molecule has 0 aliphatic heterocycles. The molecule has 0 fully saturated rings. The van der Waals surface area contributed by atoms with E-state index in [1.165, 1.54) is 29.2 Å². The van der Waals surface area contributed by atoms with Crippen molar-refractivity contribution in [2.75, 3.05) is 11.6 Å². The van der Waals surface area contributed by atoms with Crippen LogP contribution in [0.3, 0.4) is 0 Å². The summed E-state index contributed by atoms with van der Waals surface area (Å²) in [5.41, 5.74) is -0.611. The highest BCUT2D eigenvalue weighted by Crippen LogP contribution is 2.37. The van der Waals surface area contributed by atoms with Gasteiger partial charge in [-0.3, -0.25) is 0 Å². The lowest BCUT2D eigenvalue weighted by atomic mass is 10.1. The molecular weight excluding hydrogens is 329 g/mol. The van der Waals surface area contributed by atoms with E-state index in [9.17, 15) is 13.2 Å². The molecule has 2 aromatic rings. The summed E-state index contributed by atoms with van der Waals surface area (Å²) >= 11 is 8.19. The number of hydrogen-bond donors (Lipinski definition) is 1. The predicted molar refractivity (Wildman–Crippen MR) is 77.7 cm³/mol. The zero-order valence-electron chi connectivity index (χ0n) is 10.3. The maximum absolute atomic E-state index is 13.0. The Morgan fingerprint density at radius 2 is 2.15 bits per heavy atom. The fraction of sp³-hybridized carbons (Fsp3) is 0.250. The van der Waals surface area contributed by atoms with Gasteiger partial charge in [0.05, 0.1) is 12.1 Å². The summed E-state index contributed by atoms with van der Waals surface area (Å²) in [6.07, 6.45) is -1.11. The van der Waals surface area contributed by atoms with Crippen LogP contribution in [0, 0.1) is 0 Å². The smallest absolute Gasteiger partial charge is 0.380 e. The Labute approximate surface area is 127 Å². The van der Waals surface area contributed by atoms with E-state index in [-0.39, 0.29) is 12.2 Å². The van der Waals surface area contributed by atoms with Crippen molar-refractivity contribution in [3.63, 3.8) is 0 Å². The highest BCUT2D eigenvalue weighted by Gasteiger charge is 2.33. The van der Waals surface area contributed by atoms with Gasteiger partial charge in [0.1, 0.15) is 0 Å². The summed E-state index contributed by atoms with van der Waals surface area (Å²) in [5.74, 6) is 0. The van der Waals surface area contributed by atoms with Crippen LogP contribution in [0.25, 0.3) is 0 Å². The molecule has 0 aliphatic rings. The molecule has 2 rings (SSSR count). The van der Waals surface area contributed by atoms with Crippen LogP contribution in [-0.4, -0.2) is 11.2 Å². The predicted octanol–water partition coefficient (Wildman–Crippen LogP) is 5.15. The largest absolute Gasteiger partial charge is 0.418 e. The van der Waals surface area contributed by atoms with Crippen LogP contribution in [0.2, 0.25) is 4.47 Å². The van der Waals surface area contributed by atoms with Crippen LogP contribution in [0.4, 0.5) is 18.9 Å². The number of anilines is 1. The zero-order valence-corrected chi connectivity index (χ0v) is 12.7. The van der Waals surface area contributed by atoms with Gasteiger partial charge in [-0.1, -0.05) is 11.6 Å². The Bertz CT molecular complexity index is 599. The quantitative estimate of drug-likeness (QED) is 0.780. The van der Waals surface area contributed by atoms with Gasteiger partial charge in [0, 0.05) is 21.7 Å². The van der Waals surface area contributed by atoms with Gasteiger partial charge in [0.25, 0.3) is 0 Å². The third-order valence-corrected chi connectivity index (χ3v) is 4.35. The van der Waals surface area contributed by atoms with Crippen molar-refractivity contribution in [1.29, 1.82) is 0 Å². The summed E-state index contributed by atoms with van der Waals surface area (Å²) in [6, 6.07) is 4.24. The molecule has 0 saturated carbocycles. The van der Waals surface area contributed by atoms with Crippen molar-refractivity contribution in [3.8, 4) is 0 Å². The number of nitrogens with one attached hydrogen (secondary N) is 1. The van der Waals surface area contributed by atoms with E-state index in [1.807, 2.05) is 0 Å². The molecule has 0 saturated heterocycles. The van der Waals surface area contributed by atoms with Gasteiger partial charge in [-0.05, 0) is 24.5 Å². The molecule has 8 heteroatoms. The second-order valence-electron chi connectivity index (χ2n) is 3.84. The van der Waals surface area contributed by atoms with Gasteiger partial charge in [0.2, 0.25) is 0 Å². The molecule has 0 unspecified atom stereocenters. The molecule has 1 N–H and O–H groups in total. The van der Waals surface area contributed by atoms with E-state index in [4.69, 9.17) is 11.6 Å². The molecule has 1 aromatic heterocycles. The minimum absolute atomic E-state index is 0.0554. The van der Waals surface area contributed by atoms with Gasteiger partial charge >= 0.3 is 6.18 Å². The first-order chi connectivity index (χ1) is 9.40.